The van der Waals surface area contributed by atoms with Crippen molar-refractivity contribution in [2.24, 2.45) is 0 Å². The number of nitrogens with one attached hydrogen (secondary N) is 2. The van der Waals surface area contributed by atoms with E-state index >= 15 is 0 Å². The minimum atomic E-state index is 0.357. The molecule has 0 radical (unpaired) electrons. The van der Waals surface area contributed by atoms with Crippen molar-refractivity contribution in [3.05, 3.63) is 59.4 Å². The minimum Gasteiger partial charge on any atom is -0.346 e. The zero-order valence-electron chi connectivity index (χ0n) is 14.4. The van der Waals surface area contributed by atoms with Gasteiger partial charge in [0, 0.05) is 30.4 Å². The first-order valence-corrected chi connectivity index (χ1v) is 8.48. The Labute approximate surface area is 144 Å². The summed E-state index contributed by atoms with van der Waals surface area (Å²) < 4.78 is 0. The fourth-order valence-electron chi connectivity index (χ4n) is 2.51. The van der Waals surface area contributed by atoms with E-state index in [1.165, 1.54) is 16.7 Å². The Morgan fingerprint density at radius 1 is 1.17 bits per heavy atom. The molecule has 2 aromatic rings. The quantitative estimate of drug-likeness (QED) is 0.847. The SMILES string of the molecule is Cc1cccc(NC(=S)N(CCc2cc[nH+]cc2)C(C)C)c1C. The first kappa shape index (κ1) is 17.4. The Hall–Kier alpha value is -1.94. The van der Waals surface area contributed by atoms with Crippen LogP contribution in [0.4, 0.5) is 5.69 Å². The van der Waals surface area contributed by atoms with Crippen LogP contribution >= 0.6 is 12.2 Å². The molecule has 1 heterocycles. The van der Waals surface area contributed by atoms with Crippen molar-refractivity contribution >= 4 is 23.0 Å². The van der Waals surface area contributed by atoms with Gasteiger partial charge in [0.05, 0.1) is 0 Å². The number of nitrogens with zero attached hydrogens (tertiary/aromatic N) is 1. The molecule has 1 aromatic carbocycles. The molecule has 23 heavy (non-hydrogen) atoms. The molecule has 2 rings (SSSR count). The predicted octanol–water partition coefficient (Wildman–Crippen LogP) is 3.77. The molecule has 0 aliphatic rings. The van der Waals surface area contributed by atoms with E-state index < -0.39 is 0 Å². The van der Waals surface area contributed by atoms with Crippen LogP contribution < -0.4 is 10.3 Å². The zero-order valence-corrected chi connectivity index (χ0v) is 15.2. The molecular formula is C19H26N3S+. The highest BCUT2D eigenvalue weighted by Gasteiger charge is 2.14. The first-order chi connectivity index (χ1) is 11.0. The van der Waals surface area contributed by atoms with E-state index in [2.05, 4.69) is 73.2 Å². The summed E-state index contributed by atoms with van der Waals surface area (Å²) in [4.78, 5) is 5.30. The maximum atomic E-state index is 5.66. The van der Waals surface area contributed by atoms with Crippen LogP contribution in [0.2, 0.25) is 0 Å². The van der Waals surface area contributed by atoms with Crippen LogP contribution in [0.5, 0.6) is 0 Å². The highest BCUT2D eigenvalue weighted by atomic mass is 32.1. The van der Waals surface area contributed by atoms with Crippen LogP contribution in [0.1, 0.15) is 30.5 Å². The van der Waals surface area contributed by atoms with Gasteiger partial charge in [-0.15, -0.1) is 0 Å². The van der Waals surface area contributed by atoms with Crippen molar-refractivity contribution in [3.8, 4) is 0 Å². The van der Waals surface area contributed by atoms with Gasteiger partial charge in [0.1, 0.15) is 0 Å². The lowest BCUT2D eigenvalue weighted by molar-refractivity contribution is -0.378. The van der Waals surface area contributed by atoms with Gasteiger partial charge in [-0.25, -0.2) is 4.98 Å². The number of anilines is 1. The van der Waals surface area contributed by atoms with Crippen LogP contribution in [0.3, 0.4) is 0 Å². The zero-order chi connectivity index (χ0) is 16.8. The molecule has 1 aromatic heterocycles. The van der Waals surface area contributed by atoms with E-state index in [4.69, 9.17) is 12.2 Å². The Bertz CT molecular complexity index is 653. The number of benzene rings is 1. The first-order valence-electron chi connectivity index (χ1n) is 8.08. The van der Waals surface area contributed by atoms with E-state index in [1.54, 1.807) is 0 Å². The second kappa shape index (κ2) is 8.06. The molecule has 0 aliphatic carbocycles. The topological polar surface area (TPSA) is 29.4 Å². The van der Waals surface area contributed by atoms with Crippen molar-refractivity contribution < 1.29 is 4.98 Å². The number of hydrogen-bond acceptors (Lipinski definition) is 1. The fraction of sp³-hybridized carbons (Fsp3) is 0.368. The van der Waals surface area contributed by atoms with E-state index in [-0.39, 0.29) is 0 Å². The number of pyridine rings is 1. The number of aromatic nitrogens is 1. The summed E-state index contributed by atoms with van der Waals surface area (Å²) in [6.07, 6.45) is 4.89. The summed E-state index contributed by atoms with van der Waals surface area (Å²) in [6, 6.07) is 10.8. The van der Waals surface area contributed by atoms with Crippen LogP contribution in [-0.4, -0.2) is 22.6 Å². The second-order valence-corrected chi connectivity index (χ2v) is 6.51. The van der Waals surface area contributed by atoms with Gasteiger partial charge in [-0.3, -0.25) is 0 Å². The maximum absolute atomic E-state index is 5.66. The Morgan fingerprint density at radius 2 is 1.87 bits per heavy atom. The summed E-state index contributed by atoms with van der Waals surface area (Å²) >= 11 is 5.66. The third kappa shape index (κ3) is 4.76. The van der Waals surface area contributed by atoms with Crippen molar-refractivity contribution in [3.63, 3.8) is 0 Å². The van der Waals surface area contributed by atoms with E-state index in [0.717, 1.165) is 23.8 Å². The standard InChI is InChI=1S/C19H25N3S/c1-14(2)22(13-10-17-8-11-20-12-9-17)19(23)21-18-7-5-6-15(3)16(18)4/h5-9,11-12,14H,10,13H2,1-4H3,(H,21,23)/p+1. The minimum absolute atomic E-state index is 0.357. The second-order valence-electron chi connectivity index (χ2n) is 6.12. The van der Waals surface area contributed by atoms with Gasteiger partial charge in [-0.1, -0.05) is 12.1 Å². The molecule has 3 nitrogen and oxygen atoms in total. The summed E-state index contributed by atoms with van der Waals surface area (Å²) in [5.41, 5.74) is 4.92. The molecule has 0 spiro atoms. The van der Waals surface area contributed by atoms with Gasteiger partial charge in [-0.2, -0.15) is 0 Å². The Kier molecular flexibility index (Phi) is 6.11. The predicted molar refractivity (Wildman–Crippen MR) is 101 cm³/mol. The molecule has 122 valence electrons. The summed E-state index contributed by atoms with van der Waals surface area (Å²) in [5, 5.41) is 4.21. The summed E-state index contributed by atoms with van der Waals surface area (Å²) in [6.45, 7) is 9.50. The largest absolute Gasteiger partial charge is 0.346 e. The van der Waals surface area contributed by atoms with Crippen molar-refractivity contribution in [2.75, 3.05) is 11.9 Å². The number of aryl methyl sites for hydroxylation is 1. The summed E-state index contributed by atoms with van der Waals surface area (Å²) in [5.74, 6) is 0. The molecule has 2 N–H and O–H groups in total. The molecule has 4 heteroatoms. The van der Waals surface area contributed by atoms with Crippen molar-refractivity contribution in [2.45, 2.75) is 40.2 Å². The maximum Gasteiger partial charge on any atom is 0.173 e. The average molecular weight is 329 g/mol. The summed E-state index contributed by atoms with van der Waals surface area (Å²) in [7, 11) is 0. The van der Waals surface area contributed by atoms with Gasteiger partial charge >= 0.3 is 0 Å². The van der Waals surface area contributed by atoms with Gasteiger partial charge in [0.25, 0.3) is 0 Å². The van der Waals surface area contributed by atoms with Crippen LogP contribution in [0, 0.1) is 13.8 Å². The lowest BCUT2D eigenvalue weighted by Gasteiger charge is -2.30. The number of rotatable bonds is 5. The molecule has 0 fully saturated rings. The van der Waals surface area contributed by atoms with Crippen LogP contribution in [0.15, 0.2) is 42.7 Å². The van der Waals surface area contributed by atoms with E-state index in [9.17, 15) is 0 Å². The molecule has 0 unspecified atom stereocenters. The lowest BCUT2D eigenvalue weighted by atomic mass is 10.1. The van der Waals surface area contributed by atoms with Crippen LogP contribution in [0.25, 0.3) is 0 Å². The smallest absolute Gasteiger partial charge is 0.173 e. The Balaban J connectivity index is 2.05. The monoisotopic (exact) mass is 328 g/mol. The average Bonchev–Trinajstić information content (AvgIpc) is 2.53. The van der Waals surface area contributed by atoms with Crippen molar-refractivity contribution in [1.29, 1.82) is 0 Å². The fourth-order valence-corrected chi connectivity index (χ4v) is 2.92. The van der Waals surface area contributed by atoms with Crippen molar-refractivity contribution in [1.82, 2.24) is 4.90 Å². The Morgan fingerprint density at radius 3 is 2.52 bits per heavy atom. The third-order valence-corrected chi connectivity index (χ3v) is 4.50. The number of hydrogen-bond donors (Lipinski definition) is 1. The van der Waals surface area contributed by atoms with E-state index in [0.29, 0.717) is 6.04 Å². The van der Waals surface area contributed by atoms with Crippen LogP contribution in [-0.2, 0) is 6.42 Å². The molecule has 0 saturated heterocycles. The highest BCUT2D eigenvalue weighted by Crippen LogP contribution is 2.19. The van der Waals surface area contributed by atoms with Gasteiger partial charge in [0.2, 0.25) is 0 Å². The van der Waals surface area contributed by atoms with Gasteiger partial charge < -0.3 is 10.2 Å². The molecule has 0 saturated carbocycles. The molecule has 0 atom stereocenters. The lowest BCUT2D eigenvalue weighted by Crippen LogP contribution is -2.41. The normalized spacial score (nSPS) is 10.7. The third-order valence-electron chi connectivity index (χ3n) is 4.16. The molecule has 0 aliphatic heterocycles. The number of aromatic amines is 1. The van der Waals surface area contributed by atoms with E-state index in [1.807, 2.05) is 12.4 Å². The van der Waals surface area contributed by atoms with Gasteiger partial charge in [-0.05, 0) is 69.1 Å². The highest BCUT2D eigenvalue weighted by molar-refractivity contribution is 7.80. The number of H-pyrrole nitrogens is 1. The number of thiocarbonyl (C=S) groups is 1. The molecular weight excluding hydrogens is 302 g/mol. The molecule has 0 bridgehead atoms. The molecule has 0 amide bonds. The van der Waals surface area contributed by atoms with Gasteiger partial charge in [0.15, 0.2) is 17.5 Å².